The van der Waals surface area contributed by atoms with Crippen LogP contribution in [0.2, 0.25) is 0 Å². The van der Waals surface area contributed by atoms with E-state index in [9.17, 15) is 0 Å². The van der Waals surface area contributed by atoms with Crippen molar-refractivity contribution in [2.75, 3.05) is 19.8 Å². The first kappa shape index (κ1) is 11.8. The van der Waals surface area contributed by atoms with E-state index in [1.54, 1.807) is 0 Å². The maximum absolute atomic E-state index is 5.89. The lowest BCUT2D eigenvalue weighted by molar-refractivity contribution is -0.0847. The molecule has 1 aliphatic rings. The molecule has 1 atom stereocenters. The van der Waals surface area contributed by atoms with E-state index in [4.69, 9.17) is 10.5 Å². The average Bonchev–Trinajstić information content (AvgIpc) is 2.67. The second-order valence-electron chi connectivity index (χ2n) is 5.46. The molecule has 0 radical (unpaired) electrons. The van der Waals surface area contributed by atoms with E-state index in [0.29, 0.717) is 12.5 Å². The largest absolute Gasteiger partial charge is 0.379 e. The zero-order chi connectivity index (χ0) is 12.8. The summed E-state index contributed by atoms with van der Waals surface area (Å²) in [5, 5.41) is 1.34. The molecule has 18 heavy (non-hydrogen) atoms. The van der Waals surface area contributed by atoms with Gasteiger partial charge >= 0.3 is 0 Å². The van der Waals surface area contributed by atoms with Crippen molar-refractivity contribution in [3.8, 4) is 0 Å². The van der Waals surface area contributed by atoms with Crippen LogP contribution in [-0.4, -0.2) is 24.3 Å². The fourth-order valence-corrected chi connectivity index (χ4v) is 2.99. The first-order valence-electron chi connectivity index (χ1n) is 6.51. The summed E-state index contributed by atoms with van der Waals surface area (Å²) >= 11 is 0. The van der Waals surface area contributed by atoms with Crippen molar-refractivity contribution in [1.82, 2.24) is 4.57 Å². The third kappa shape index (κ3) is 1.44. The molecule has 3 nitrogen and oxygen atoms in total. The number of aromatic nitrogens is 1. The number of hydrogen-bond acceptors (Lipinski definition) is 2. The minimum Gasteiger partial charge on any atom is -0.379 e. The highest BCUT2D eigenvalue weighted by Crippen LogP contribution is 2.42. The molecular weight excluding hydrogens is 224 g/mol. The van der Waals surface area contributed by atoms with Gasteiger partial charge in [-0.2, -0.15) is 0 Å². The summed E-state index contributed by atoms with van der Waals surface area (Å²) in [5.41, 5.74) is 8.67. The summed E-state index contributed by atoms with van der Waals surface area (Å²) in [7, 11) is 2.10. The molecule has 2 heterocycles. The standard InChI is InChI=1S/C15H20N2O/c1-11(7-16)15(9-18-10-15)13-8-17(2)14-6-4-3-5-12(13)14/h3-6,8,11H,7,9-10,16H2,1-2H3. The molecule has 1 aromatic heterocycles. The van der Waals surface area contributed by atoms with Gasteiger partial charge in [0.1, 0.15) is 0 Å². The fourth-order valence-electron chi connectivity index (χ4n) is 2.99. The highest BCUT2D eigenvalue weighted by molar-refractivity contribution is 5.85. The molecule has 3 rings (SSSR count). The van der Waals surface area contributed by atoms with Crippen LogP contribution in [0.5, 0.6) is 0 Å². The zero-order valence-corrected chi connectivity index (χ0v) is 11.0. The van der Waals surface area contributed by atoms with Crippen LogP contribution in [0.3, 0.4) is 0 Å². The molecule has 96 valence electrons. The second kappa shape index (κ2) is 4.11. The van der Waals surface area contributed by atoms with Crippen molar-refractivity contribution in [1.29, 1.82) is 0 Å². The van der Waals surface area contributed by atoms with Crippen molar-refractivity contribution in [3.63, 3.8) is 0 Å². The van der Waals surface area contributed by atoms with Crippen molar-refractivity contribution in [3.05, 3.63) is 36.0 Å². The molecular formula is C15H20N2O. The van der Waals surface area contributed by atoms with Gasteiger partial charge in [-0.05, 0) is 24.1 Å². The Kier molecular flexibility index (Phi) is 2.68. The minimum absolute atomic E-state index is 0.107. The van der Waals surface area contributed by atoms with Gasteiger partial charge in [0.2, 0.25) is 0 Å². The monoisotopic (exact) mass is 244 g/mol. The van der Waals surface area contributed by atoms with E-state index in [-0.39, 0.29) is 5.41 Å². The van der Waals surface area contributed by atoms with Crippen LogP contribution in [0.25, 0.3) is 10.9 Å². The maximum Gasteiger partial charge on any atom is 0.0589 e. The number of benzene rings is 1. The Morgan fingerprint density at radius 2 is 2.11 bits per heavy atom. The van der Waals surface area contributed by atoms with Gasteiger partial charge in [0.25, 0.3) is 0 Å². The van der Waals surface area contributed by atoms with Crippen molar-refractivity contribution < 1.29 is 4.74 Å². The van der Waals surface area contributed by atoms with E-state index in [2.05, 4.69) is 49.0 Å². The summed E-state index contributed by atoms with van der Waals surface area (Å²) in [6.45, 7) is 4.51. The quantitative estimate of drug-likeness (QED) is 0.897. The van der Waals surface area contributed by atoms with Crippen molar-refractivity contribution in [2.24, 2.45) is 18.7 Å². The van der Waals surface area contributed by atoms with Gasteiger partial charge in [-0.3, -0.25) is 0 Å². The third-order valence-corrected chi connectivity index (χ3v) is 4.45. The smallest absolute Gasteiger partial charge is 0.0589 e. The lowest BCUT2D eigenvalue weighted by Crippen LogP contribution is -2.53. The number of para-hydroxylation sites is 1. The van der Waals surface area contributed by atoms with Gasteiger partial charge in [0.05, 0.1) is 13.2 Å². The number of ether oxygens (including phenoxy) is 1. The van der Waals surface area contributed by atoms with Crippen molar-refractivity contribution in [2.45, 2.75) is 12.3 Å². The first-order valence-corrected chi connectivity index (χ1v) is 6.51. The molecule has 1 fully saturated rings. The Labute approximate surface area is 108 Å². The molecule has 0 bridgehead atoms. The van der Waals surface area contributed by atoms with Gasteiger partial charge in [0, 0.05) is 29.6 Å². The van der Waals surface area contributed by atoms with E-state index in [1.165, 1.54) is 16.5 Å². The van der Waals surface area contributed by atoms with Crippen LogP contribution in [-0.2, 0) is 17.2 Å². The predicted molar refractivity (Wildman–Crippen MR) is 73.6 cm³/mol. The Morgan fingerprint density at radius 1 is 1.39 bits per heavy atom. The topological polar surface area (TPSA) is 40.2 Å². The lowest BCUT2D eigenvalue weighted by Gasteiger charge is -2.46. The second-order valence-corrected chi connectivity index (χ2v) is 5.46. The third-order valence-electron chi connectivity index (χ3n) is 4.45. The maximum atomic E-state index is 5.89. The van der Waals surface area contributed by atoms with E-state index in [0.717, 1.165) is 13.2 Å². The van der Waals surface area contributed by atoms with Crippen LogP contribution >= 0.6 is 0 Å². The predicted octanol–water partition coefficient (Wildman–Crippen LogP) is 2.04. The highest BCUT2D eigenvalue weighted by atomic mass is 16.5. The summed E-state index contributed by atoms with van der Waals surface area (Å²) in [5.74, 6) is 0.442. The number of hydrogen-bond donors (Lipinski definition) is 1. The van der Waals surface area contributed by atoms with Gasteiger partial charge in [0.15, 0.2) is 0 Å². The van der Waals surface area contributed by atoms with Gasteiger partial charge in [-0.15, -0.1) is 0 Å². The van der Waals surface area contributed by atoms with E-state index >= 15 is 0 Å². The molecule has 0 aliphatic carbocycles. The molecule has 2 aromatic rings. The van der Waals surface area contributed by atoms with Crippen LogP contribution < -0.4 is 5.73 Å². The number of nitrogens with zero attached hydrogens (tertiary/aromatic N) is 1. The van der Waals surface area contributed by atoms with Crippen LogP contribution in [0.4, 0.5) is 0 Å². The molecule has 3 heteroatoms. The Balaban J connectivity index is 2.19. The Hall–Kier alpha value is -1.32. The molecule has 0 amide bonds. The van der Waals surface area contributed by atoms with Crippen LogP contribution in [0, 0.1) is 5.92 Å². The van der Waals surface area contributed by atoms with E-state index < -0.39 is 0 Å². The van der Waals surface area contributed by atoms with Gasteiger partial charge in [-0.1, -0.05) is 25.1 Å². The summed E-state index contributed by atoms with van der Waals surface area (Å²) in [4.78, 5) is 0. The molecule has 1 saturated heterocycles. The molecule has 0 saturated carbocycles. The van der Waals surface area contributed by atoms with Crippen molar-refractivity contribution >= 4 is 10.9 Å². The minimum atomic E-state index is 0.107. The summed E-state index contributed by atoms with van der Waals surface area (Å²) in [6, 6.07) is 8.56. The molecule has 1 aliphatic heterocycles. The number of fused-ring (bicyclic) bond motifs is 1. The number of rotatable bonds is 3. The van der Waals surface area contributed by atoms with Gasteiger partial charge < -0.3 is 15.0 Å². The summed E-state index contributed by atoms with van der Waals surface area (Å²) in [6.07, 6.45) is 2.25. The Morgan fingerprint density at radius 3 is 2.72 bits per heavy atom. The normalized spacial score (nSPS) is 19.7. The van der Waals surface area contributed by atoms with Crippen LogP contribution in [0.1, 0.15) is 12.5 Å². The van der Waals surface area contributed by atoms with Gasteiger partial charge in [-0.25, -0.2) is 0 Å². The lowest BCUT2D eigenvalue weighted by atomic mass is 9.69. The van der Waals surface area contributed by atoms with E-state index in [1.807, 2.05) is 0 Å². The molecule has 2 N–H and O–H groups in total. The fraction of sp³-hybridized carbons (Fsp3) is 0.467. The SMILES string of the molecule is CC(CN)C1(c2cn(C)c3ccccc23)COC1. The zero-order valence-electron chi connectivity index (χ0n) is 11.0. The summed E-state index contributed by atoms with van der Waals surface area (Å²) < 4.78 is 7.71. The number of nitrogens with two attached hydrogens (primary N) is 1. The Bertz CT molecular complexity index is 569. The average molecular weight is 244 g/mol. The molecule has 0 spiro atoms. The van der Waals surface area contributed by atoms with Crippen LogP contribution in [0.15, 0.2) is 30.5 Å². The highest BCUT2D eigenvalue weighted by Gasteiger charge is 2.46. The molecule has 1 aromatic carbocycles. The first-order chi connectivity index (χ1) is 8.69. The molecule has 1 unspecified atom stereocenters. The number of aryl methyl sites for hydroxylation is 1.